The Morgan fingerprint density at radius 1 is 1.43 bits per heavy atom. The predicted molar refractivity (Wildman–Crippen MR) is 92.0 cm³/mol. The van der Waals surface area contributed by atoms with Crippen molar-refractivity contribution in [2.24, 2.45) is 7.05 Å². The maximum atomic E-state index is 11.6. The van der Waals surface area contributed by atoms with E-state index < -0.39 is 0 Å². The van der Waals surface area contributed by atoms with Gasteiger partial charge in [0.25, 0.3) is 0 Å². The van der Waals surface area contributed by atoms with Gasteiger partial charge >= 0.3 is 5.69 Å². The van der Waals surface area contributed by atoms with E-state index in [0.717, 1.165) is 56.7 Å². The minimum absolute atomic E-state index is 0.0546. The van der Waals surface area contributed by atoms with Crippen LogP contribution in [-0.4, -0.2) is 60.4 Å². The van der Waals surface area contributed by atoms with Crippen molar-refractivity contribution in [2.75, 3.05) is 39.8 Å². The molecule has 23 heavy (non-hydrogen) atoms. The molecule has 1 fully saturated rings. The number of aromatic amines is 1. The summed E-state index contributed by atoms with van der Waals surface area (Å²) in [5.41, 5.74) is 3.12. The standard InChI is InChI=1S/C17H26N4O2/c1-18-11-14-12-21(8-9-23-14)7-3-4-13-5-6-15-16(10-13)20(2)17(22)19-15/h5-6,10,14,18H,3-4,7-9,11-12H2,1-2H3,(H,19,22)/t14-/m0/s1. The topological polar surface area (TPSA) is 62.3 Å². The monoisotopic (exact) mass is 318 g/mol. The van der Waals surface area contributed by atoms with E-state index in [-0.39, 0.29) is 5.69 Å². The lowest BCUT2D eigenvalue weighted by molar-refractivity contribution is -0.0264. The molecule has 0 radical (unpaired) electrons. The molecule has 2 N–H and O–H groups in total. The van der Waals surface area contributed by atoms with Gasteiger partial charge in [0.05, 0.1) is 23.7 Å². The van der Waals surface area contributed by atoms with Gasteiger partial charge in [-0.05, 0) is 44.1 Å². The lowest BCUT2D eigenvalue weighted by Crippen LogP contribution is -2.46. The van der Waals surface area contributed by atoms with Gasteiger partial charge in [0, 0.05) is 26.7 Å². The molecule has 0 aliphatic carbocycles. The number of nitrogens with zero attached hydrogens (tertiary/aromatic N) is 2. The summed E-state index contributed by atoms with van der Waals surface area (Å²) in [6, 6.07) is 6.24. The third kappa shape index (κ3) is 3.83. The average molecular weight is 318 g/mol. The number of likely N-dealkylation sites (N-methyl/N-ethyl adjacent to an activating group) is 1. The summed E-state index contributed by atoms with van der Waals surface area (Å²) >= 11 is 0. The molecule has 6 heteroatoms. The molecule has 0 spiro atoms. The van der Waals surface area contributed by atoms with Gasteiger partial charge in [-0.2, -0.15) is 0 Å². The second-order valence-electron chi connectivity index (χ2n) is 6.30. The maximum absolute atomic E-state index is 11.6. The van der Waals surface area contributed by atoms with E-state index >= 15 is 0 Å². The van der Waals surface area contributed by atoms with E-state index in [1.165, 1.54) is 5.56 Å². The highest BCUT2D eigenvalue weighted by molar-refractivity contribution is 5.75. The summed E-state index contributed by atoms with van der Waals surface area (Å²) in [5.74, 6) is 0. The van der Waals surface area contributed by atoms with E-state index in [9.17, 15) is 4.79 Å². The molecular weight excluding hydrogens is 292 g/mol. The predicted octanol–water partition coefficient (Wildman–Crippen LogP) is 0.719. The van der Waals surface area contributed by atoms with Crippen LogP contribution in [0, 0.1) is 0 Å². The number of benzene rings is 1. The highest BCUT2D eigenvalue weighted by Gasteiger charge is 2.19. The molecule has 1 aliphatic heterocycles. The molecule has 3 rings (SSSR count). The molecule has 6 nitrogen and oxygen atoms in total. The Kier molecular flexibility index (Phi) is 5.15. The second kappa shape index (κ2) is 7.29. The number of hydrogen-bond donors (Lipinski definition) is 2. The number of hydrogen-bond acceptors (Lipinski definition) is 4. The van der Waals surface area contributed by atoms with Crippen LogP contribution in [0.1, 0.15) is 12.0 Å². The van der Waals surface area contributed by atoms with Crippen LogP contribution in [0.4, 0.5) is 0 Å². The highest BCUT2D eigenvalue weighted by Crippen LogP contribution is 2.14. The Bertz CT molecular complexity index is 704. The number of aromatic nitrogens is 2. The largest absolute Gasteiger partial charge is 0.374 e. The fraction of sp³-hybridized carbons (Fsp3) is 0.588. The number of aryl methyl sites for hydroxylation is 2. The van der Waals surface area contributed by atoms with Gasteiger partial charge < -0.3 is 15.0 Å². The van der Waals surface area contributed by atoms with Crippen LogP contribution in [0.3, 0.4) is 0 Å². The Labute approximate surface area is 136 Å². The van der Waals surface area contributed by atoms with Gasteiger partial charge in [-0.3, -0.25) is 9.47 Å². The molecule has 0 amide bonds. The Morgan fingerprint density at radius 2 is 2.30 bits per heavy atom. The summed E-state index contributed by atoms with van der Waals surface area (Å²) < 4.78 is 7.41. The van der Waals surface area contributed by atoms with Crippen molar-refractivity contribution in [2.45, 2.75) is 18.9 Å². The van der Waals surface area contributed by atoms with E-state index in [2.05, 4.69) is 27.3 Å². The van der Waals surface area contributed by atoms with Crippen LogP contribution in [0.15, 0.2) is 23.0 Å². The lowest BCUT2D eigenvalue weighted by Gasteiger charge is -2.32. The molecule has 2 aromatic rings. The number of morpholine rings is 1. The van der Waals surface area contributed by atoms with Crippen molar-refractivity contribution in [3.63, 3.8) is 0 Å². The molecule has 0 saturated carbocycles. The first-order valence-corrected chi connectivity index (χ1v) is 8.33. The van der Waals surface area contributed by atoms with Crippen LogP contribution in [-0.2, 0) is 18.2 Å². The number of H-pyrrole nitrogens is 1. The molecular formula is C17H26N4O2. The fourth-order valence-corrected chi connectivity index (χ4v) is 3.27. The number of fused-ring (bicyclic) bond motifs is 1. The van der Waals surface area contributed by atoms with Crippen molar-refractivity contribution in [3.05, 3.63) is 34.2 Å². The first-order chi connectivity index (χ1) is 11.2. The SMILES string of the molecule is CNC[C@H]1CN(CCCc2ccc3[nH]c(=O)n(C)c3c2)CCO1. The summed E-state index contributed by atoms with van der Waals surface area (Å²) in [6.45, 7) is 4.85. The highest BCUT2D eigenvalue weighted by atomic mass is 16.5. The third-order valence-corrected chi connectivity index (χ3v) is 4.56. The van der Waals surface area contributed by atoms with Crippen LogP contribution >= 0.6 is 0 Å². The average Bonchev–Trinajstić information content (AvgIpc) is 2.83. The zero-order valence-corrected chi connectivity index (χ0v) is 14.0. The van der Waals surface area contributed by atoms with Gasteiger partial charge in [-0.25, -0.2) is 4.79 Å². The Hall–Kier alpha value is -1.63. The van der Waals surface area contributed by atoms with Crippen LogP contribution < -0.4 is 11.0 Å². The Balaban J connectivity index is 1.54. The zero-order chi connectivity index (χ0) is 16.2. The van der Waals surface area contributed by atoms with Crippen molar-refractivity contribution in [1.82, 2.24) is 19.8 Å². The van der Waals surface area contributed by atoms with Gasteiger partial charge in [-0.1, -0.05) is 6.07 Å². The molecule has 1 atom stereocenters. The summed E-state index contributed by atoms with van der Waals surface area (Å²) in [5, 5.41) is 3.18. The molecule has 1 aliphatic rings. The molecule has 1 saturated heterocycles. The number of imidazole rings is 1. The van der Waals surface area contributed by atoms with E-state index in [0.29, 0.717) is 6.10 Å². The number of rotatable bonds is 6. The minimum Gasteiger partial charge on any atom is -0.374 e. The van der Waals surface area contributed by atoms with E-state index in [4.69, 9.17) is 4.74 Å². The van der Waals surface area contributed by atoms with Crippen molar-refractivity contribution in [3.8, 4) is 0 Å². The molecule has 1 aromatic heterocycles. The quantitative estimate of drug-likeness (QED) is 0.824. The second-order valence-corrected chi connectivity index (χ2v) is 6.30. The van der Waals surface area contributed by atoms with Gasteiger partial charge in [0.2, 0.25) is 0 Å². The van der Waals surface area contributed by atoms with Gasteiger partial charge in [0.15, 0.2) is 0 Å². The molecule has 0 bridgehead atoms. The summed E-state index contributed by atoms with van der Waals surface area (Å²) in [7, 11) is 3.77. The minimum atomic E-state index is -0.0546. The van der Waals surface area contributed by atoms with Crippen LogP contribution in [0.5, 0.6) is 0 Å². The number of ether oxygens (including phenoxy) is 1. The van der Waals surface area contributed by atoms with Crippen molar-refractivity contribution in [1.29, 1.82) is 0 Å². The van der Waals surface area contributed by atoms with Crippen molar-refractivity contribution >= 4 is 11.0 Å². The normalized spacial score (nSPS) is 19.5. The van der Waals surface area contributed by atoms with E-state index in [1.807, 2.05) is 13.1 Å². The summed E-state index contributed by atoms with van der Waals surface area (Å²) in [6.07, 6.45) is 2.46. The first kappa shape index (κ1) is 16.2. The third-order valence-electron chi connectivity index (χ3n) is 4.56. The molecule has 126 valence electrons. The van der Waals surface area contributed by atoms with E-state index in [1.54, 1.807) is 11.6 Å². The molecule has 0 unspecified atom stereocenters. The summed E-state index contributed by atoms with van der Waals surface area (Å²) in [4.78, 5) is 17.0. The lowest BCUT2D eigenvalue weighted by atomic mass is 10.1. The maximum Gasteiger partial charge on any atom is 0.326 e. The van der Waals surface area contributed by atoms with Crippen LogP contribution in [0.2, 0.25) is 0 Å². The van der Waals surface area contributed by atoms with Gasteiger partial charge in [-0.15, -0.1) is 0 Å². The first-order valence-electron chi connectivity index (χ1n) is 8.33. The Morgan fingerprint density at radius 3 is 3.13 bits per heavy atom. The molecule has 2 heterocycles. The smallest absolute Gasteiger partial charge is 0.326 e. The van der Waals surface area contributed by atoms with Gasteiger partial charge in [0.1, 0.15) is 0 Å². The van der Waals surface area contributed by atoms with Crippen LogP contribution in [0.25, 0.3) is 11.0 Å². The fourth-order valence-electron chi connectivity index (χ4n) is 3.27. The molecule has 1 aromatic carbocycles. The zero-order valence-electron chi connectivity index (χ0n) is 14.0. The van der Waals surface area contributed by atoms with Crippen molar-refractivity contribution < 1.29 is 4.74 Å². The number of nitrogens with one attached hydrogen (secondary N) is 2.